The molecule has 1 N–H and O–H groups in total. The number of imidazole rings is 1. The predicted molar refractivity (Wildman–Crippen MR) is 93.8 cm³/mol. The maximum atomic E-state index is 12.7. The van der Waals surface area contributed by atoms with Crippen LogP contribution < -0.4 is 5.32 Å². The molecule has 1 aliphatic rings. The van der Waals surface area contributed by atoms with E-state index < -0.39 is 0 Å². The molecule has 0 aromatic carbocycles. The highest BCUT2D eigenvalue weighted by Crippen LogP contribution is 2.21. The first kappa shape index (κ1) is 17.5. The number of nitrogens with one attached hydrogen (secondary N) is 1. The van der Waals surface area contributed by atoms with Gasteiger partial charge in [-0.2, -0.15) is 0 Å². The van der Waals surface area contributed by atoms with Crippen molar-refractivity contribution in [3.05, 3.63) is 36.2 Å². The van der Waals surface area contributed by atoms with Crippen molar-refractivity contribution in [3.63, 3.8) is 0 Å². The summed E-state index contributed by atoms with van der Waals surface area (Å²) in [6.45, 7) is 4.10. The summed E-state index contributed by atoms with van der Waals surface area (Å²) in [5, 5.41) is 3.11. The Balaban J connectivity index is 1.77. The fraction of sp³-hybridized carbons (Fsp3) is 0.556. The van der Waals surface area contributed by atoms with Gasteiger partial charge in [0.1, 0.15) is 12.0 Å². The molecule has 7 nitrogen and oxygen atoms in total. The van der Waals surface area contributed by atoms with Crippen LogP contribution >= 0.6 is 0 Å². The molecule has 2 aromatic heterocycles. The first-order valence-electron chi connectivity index (χ1n) is 8.77. The lowest BCUT2D eigenvalue weighted by Gasteiger charge is -2.28. The molecule has 0 atom stereocenters. The van der Waals surface area contributed by atoms with Gasteiger partial charge >= 0.3 is 0 Å². The Labute approximate surface area is 147 Å². The van der Waals surface area contributed by atoms with Gasteiger partial charge in [0.25, 0.3) is 5.91 Å². The highest BCUT2D eigenvalue weighted by atomic mass is 16.5. The van der Waals surface area contributed by atoms with Crippen LogP contribution in [0.3, 0.4) is 0 Å². The molecule has 1 saturated carbocycles. The number of rotatable bonds is 5. The zero-order valence-electron chi connectivity index (χ0n) is 15.0. The highest BCUT2D eigenvalue weighted by molar-refractivity contribution is 5.92. The fourth-order valence-corrected chi connectivity index (χ4v) is 3.06. The van der Waals surface area contributed by atoms with E-state index in [4.69, 9.17) is 4.74 Å². The number of ether oxygens (including phenoxy) is 1. The number of nitrogens with zero attached hydrogens (tertiary/aromatic N) is 4. The summed E-state index contributed by atoms with van der Waals surface area (Å²) in [5.41, 5.74) is 1.24. The van der Waals surface area contributed by atoms with Crippen LogP contribution in [-0.4, -0.2) is 44.7 Å². The molecule has 1 amide bonds. The third-order valence-electron chi connectivity index (χ3n) is 4.64. The van der Waals surface area contributed by atoms with Gasteiger partial charge in [-0.05, 0) is 37.7 Å². The molecule has 2 aromatic rings. The Morgan fingerprint density at radius 3 is 2.64 bits per heavy atom. The van der Waals surface area contributed by atoms with Crippen LogP contribution in [0, 0.1) is 0 Å². The molecule has 0 unspecified atom stereocenters. The van der Waals surface area contributed by atoms with E-state index in [0.717, 1.165) is 31.4 Å². The lowest BCUT2D eigenvalue weighted by molar-refractivity contribution is 0.0598. The van der Waals surface area contributed by atoms with E-state index in [1.54, 1.807) is 36.5 Å². The number of hydrogen-bond donors (Lipinski definition) is 1. The summed E-state index contributed by atoms with van der Waals surface area (Å²) < 4.78 is 7.10. The van der Waals surface area contributed by atoms with Crippen LogP contribution in [0.4, 0.5) is 0 Å². The smallest absolute Gasteiger partial charge is 0.270 e. The van der Waals surface area contributed by atoms with E-state index in [-0.39, 0.29) is 17.9 Å². The van der Waals surface area contributed by atoms with Crippen molar-refractivity contribution < 1.29 is 9.53 Å². The van der Waals surface area contributed by atoms with E-state index in [1.807, 2.05) is 13.8 Å². The third kappa shape index (κ3) is 4.22. The maximum Gasteiger partial charge on any atom is 0.270 e. The highest BCUT2D eigenvalue weighted by Gasteiger charge is 2.23. The number of amides is 1. The second-order valence-electron chi connectivity index (χ2n) is 6.79. The quantitative estimate of drug-likeness (QED) is 0.902. The largest absolute Gasteiger partial charge is 0.381 e. The van der Waals surface area contributed by atoms with Crippen LogP contribution in [0.2, 0.25) is 0 Å². The maximum absolute atomic E-state index is 12.7. The summed E-state index contributed by atoms with van der Waals surface area (Å²) in [5.74, 6) is 0.525. The molecule has 2 heterocycles. The van der Waals surface area contributed by atoms with Gasteiger partial charge in [0.05, 0.1) is 6.10 Å². The Morgan fingerprint density at radius 1 is 1.28 bits per heavy atom. The van der Waals surface area contributed by atoms with Crippen LogP contribution in [0.15, 0.2) is 24.8 Å². The molecule has 0 spiro atoms. The number of carbonyl (C=O) groups is 1. The summed E-state index contributed by atoms with van der Waals surface area (Å²) >= 11 is 0. The Morgan fingerprint density at radius 2 is 2.04 bits per heavy atom. The second kappa shape index (κ2) is 7.74. The van der Waals surface area contributed by atoms with E-state index >= 15 is 0 Å². The summed E-state index contributed by atoms with van der Waals surface area (Å²) in [4.78, 5) is 25.7. The summed E-state index contributed by atoms with van der Waals surface area (Å²) in [6.07, 6.45) is 9.19. The molecule has 25 heavy (non-hydrogen) atoms. The molecule has 0 saturated heterocycles. The van der Waals surface area contributed by atoms with Crippen LogP contribution in [0.1, 0.15) is 61.6 Å². The number of aromatic nitrogens is 4. The van der Waals surface area contributed by atoms with Gasteiger partial charge in [-0.3, -0.25) is 9.36 Å². The number of hydrogen-bond acceptors (Lipinski definition) is 5. The van der Waals surface area contributed by atoms with Gasteiger partial charge in [-0.25, -0.2) is 15.0 Å². The van der Waals surface area contributed by atoms with Crippen molar-refractivity contribution in [1.82, 2.24) is 24.8 Å². The van der Waals surface area contributed by atoms with Gasteiger partial charge in [-0.15, -0.1) is 0 Å². The van der Waals surface area contributed by atoms with Crippen LogP contribution in [0.25, 0.3) is 5.95 Å². The predicted octanol–water partition coefficient (Wildman–Crippen LogP) is 2.47. The first-order chi connectivity index (χ1) is 12.1. The molecular formula is C18H25N5O2. The Hall–Kier alpha value is -2.28. The average molecular weight is 343 g/mol. The monoisotopic (exact) mass is 343 g/mol. The summed E-state index contributed by atoms with van der Waals surface area (Å²) in [6, 6.07) is 1.95. The molecule has 1 fully saturated rings. The van der Waals surface area contributed by atoms with Crippen LogP contribution in [0.5, 0.6) is 0 Å². The number of carbonyl (C=O) groups excluding carboxylic acids is 1. The van der Waals surface area contributed by atoms with Crippen molar-refractivity contribution in [3.8, 4) is 5.95 Å². The van der Waals surface area contributed by atoms with Crippen molar-refractivity contribution >= 4 is 5.91 Å². The topological polar surface area (TPSA) is 81.9 Å². The Kier molecular flexibility index (Phi) is 5.43. The van der Waals surface area contributed by atoms with Crippen molar-refractivity contribution in [1.29, 1.82) is 0 Å². The lowest BCUT2D eigenvalue weighted by Crippen LogP contribution is -2.39. The van der Waals surface area contributed by atoms with E-state index in [0.29, 0.717) is 17.7 Å². The van der Waals surface area contributed by atoms with E-state index in [9.17, 15) is 4.79 Å². The van der Waals surface area contributed by atoms with Crippen molar-refractivity contribution in [2.45, 2.75) is 57.6 Å². The molecule has 3 rings (SSSR count). The molecular weight excluding hydrogens is 318 g/mol. The second-order valence-corrected chi connectivity index (χ2v) is 6.79. The van der Waals surface area contributed by atoms with Crippen molar-refractivity contribution in [2.75, 3.05) is 7.11 Å². The third-order valence-corrected chi connectivity index (χ3v) is 4.64. The van der Waals surface area contributed by atoms with E-state index in [2.05, 4.69) is 20.3 Å². The zero-order chi connectivity index (χ0) is 17.8. The average Bonchev–Trinajstić information content (AvgIpc) is 3.16. The summed E-state index contributed by atoms with van der Waals surface area (Å²) in [7, 11) is 1.75. The molecule has 134 valence electrons. The van der Waals surface area contributed by atoms with Gasteiger partial charge in [0.15, 0.2) is 0 Å². The van der Waals surface area contributed by atoms with Crippen molar-refractivity contribution in [2.24, 2.45) is 0 Å². The Bertz CT molecular complexity index is 706. The van der Waals surface area contributed by atoms with Gasteiger partial charge in [0, 0.05) is 31.2 Å². The SMILES string of the molecule is COC1CCC(NC(=O)c2cc(C(C)C)nc(-n3ccnc3)n2)CC1. The lowest BCUT2D eigenvalue weighted by atomic mass is 9.93. The first-order valence-corrected chi connectivity index (χ1v) is 8.77. The minimum Gasteiger partial charge on any atom is -0.381 e. The van der Waals surface area contributed by atoms with E-state index in [1.165, 1.54) is 0 Å². The molecule has 0 radical (unpaired) electrons. The normalized spacial score (nSPS) is 20.6. The minimum absolute atomic E-state index is 0.147. The van der Waals surface area contributed by atoms with Gasteiger partial charge < -0.3 is 10.1 Å². The molecule has 7 heteroatoms. The standard InChI is InChI=1S/C18H25N5O2/c1-12(2)15-10-16(22-18(21-15)23-9-8-19-11-23)17(24)20-13-4-6-14(25-3)7-5-13/h8-14H,4-7H2,1-3H3,(H,20,24). The minimum atomic E-state index is -0.147. The number of methoxy groups -OCH3 is 1. The fourth-order valence-electron chi connectivity index (χ4n) is 3.06. The van der Waals surface area contributed by atoms with Crippen LogP contribution in [-0.2, 0) is 4.74 Å². The molecule has 1 aliphatic carbocycles. The van der Waals surface area contributed by atoms with Gasteiger partial charge in [0.2, 0.25) is 5.95 Å². The zero-order valence-corrected chi connectivity index (χ0v) is 15.0. The molecule has 0 aliphatic heterocycles. The molecule has 0 bridgehead atoms. The van der Waals surface area contributed by atoms with Gasteiger partial charge in [-0.1, -0.05) is 13.8 Å².